The van der Waals surface area contributed by atoms with Gasteiger partial charge >= 0.3 is 6.16 Å². The van der Waals surface area contributed by atoms with E-state index in [0.717, 1.165) is 41.3 Å². The van der Waals surface area contributed by atoms with Crippen molar-refractivity contribution in [1.29, 1.82) is 0 Å². The molecule has 0 atom stereocenters. The van der Waals surface area contributed by atoms with E-state index in [4.69, 9.17) is 16.3 Å². The summed E-state index contributed by atoms with van der Waals surface area (Å²) in [6.45, 7) is 2.47. The summed E-state index contributed by atoms with van der Waals surface area (Å²) in [5, 5.41) is 1.83. The van der Waals surface area contributed by atoms with Gasteiger partial charge in [-0.1, -0.05) is 48.0 Å². The van der Waals surface area contributed by atoms with Crippen LogP contribution in [0.2, 0.25) is 5.02 Å². The van der Waals surface area contributed by atoms with Gasteiger partial charge in [0.25, 0.3) is 0 Å². The molecule has 1 aromatic heterocycles. The van der Waals surface area contributed by atoms with Crippen LogP contribution in [0.1, 0.15) is 11.3 Å². The molecule has 3 aromatic rings. The molecule has 0 aliphatic rings. The van der Waals surface area contributed by atoms with Gasteiger partial charge in [-0.25, -0.2) is 4.79 Å². The zero-order chi connectivity index (χ0) is 19.8. The third-order valence-electron chi connectivity index (χ3n) is 4.28. The summed E-state index contributed by atoms with van der Waals surface area (Å²) in [6.07, 6.45) is 3.13. The Morgan fingerprint density at radius 3 is 2.71 bits per heavy atom. The normalized spacial score (nSPS) is 11.4. The van der Waals surface area contributed by atoms with Crippen molar-refractivity contribution >= 4 is 28.7 Å². The lowest BCUT2D eigenvalue weighted by atomic mass is 10.2. The second kappa shape index (κ2) is 9.97. The average Bonchev–Trinajstić information content (AvgIpc) is 3.09. The Labute approximate surface area is 169 Å². The van der Waals surface area contributed by atoms with E-state index in [1.165, 1.54) is 12.7 Å². The Hall–Kier alpha value is -2.76. The van der Waals surface area contributed by atoms with Crippen LogP contribution in [0.25, 0.3) is 10.9 Å². The van der Waals surface area contributed by atoms with Crippen molar-refractivity contribution < 1.29 is 14.3 Å². The van der Waals surface area contributed by atoms with E-state index in [0.29, 0.717) is 0 Å². The second-order valence-corrected chi connectivity index (χ2v) is 6.85. The first kappa shape index (κ1) is 20.0. The maximum Gasteiger partial charge on any atom is 0.508 e. The van der Waals surface area contributed by atoms with Gasteiger partial charge < -0.3 is 14.5 Å². The molecule has 28 heavy (non-hydrogen) atoms. The van der Waals surface area contributed by atoms with Gasteiger partial charge in [-0.05, 0) is 35.9 Å². The average molecular weight is 399 g/mol. The quantitative estimate of drug-likeness (QED) is 0.420. The van der Waals surface area contributed by atoms with Crippen molar-refractivity contribution in [1.82, 2.24) is 9.88 Å². The second-order valence-electron chi connectivity index (χ2n) is 6.42. The fourth-order valence-electron chi connectivity index (χ4n) is 2.98. The Kier molecular flexibility index (Phi) is 7.12. The number of aromatic amines is 1. The van der Waals surface area contributed by atoms with E-state index in [-0.39, 0.29) is 6.61 Å². The highest BCUT2D eigenvalue weighted by Crippen LogP contribution is 2.21. The number of methoxy groups -OCH3 is 1. The Morgan fingerprint density at radius 2 is 1.93 bits per heavy atom. The first-order chi connectivity index (χ1) is 13.6. The maximum absolute atomic E-state index is 11.0. The number of hydrogen-bond acceptors (Lipinski definition) is 4. The first-order valence-corrected chi connectivity index (χ1v) is 9.41. The van der Waals surface area contributed by atoms with Crippen molar-refractivity contribution in [2.45, 2.75) is 13.1 Å². The van der Waals surface area contributed by atoms with Gasteiger partial charge in [-0.3, -0.25) is 4.90 Å². The van der Waals surface area contributed by atoms with E-state index >= 15 is 0 Å². The molecule has 0 radical (unpaired) electrons. The molecule has 0 unspecified atom stereocenters. The summed E-state index contributed by atoms with van der Waals surface area (Å²) in [5.74, 6) is 0. The SMILES string of the molecule is COC(=O)OC/C=C/CN(Cc1ccccc1)Cc1cc2cc(Cl)ccc2[nH]1. The van der Waals surface area contributed by atoms with Gasteiger partial charge in [0.15, 0.2) is 0 Å². The number of nitrogens with one attached hydrogen (secondary N) is 1. The minimum atomic E-state index is -0.678. The number of benzene rings is 2. The van der Waals surface area contributed by atoms with E-state index < -0.39 is 6.16 Å². The molecule has 5 nitrogen and oxygen atoms in total. The van der Waals surface area contributed by atoms with Crippen LogP contribution in [0.15, 0.2) is 66.7 Å². The maximum atomic E-state index is 11.0. The Bertz CT molecular complexity index is 937. The molecular weight excluding hydrogens is 376 g/mol. The van der Waals surface area contributed by atoms with Gasteiger partial charge in [0.1, 0.15) is 6.61 Å². The number of fused-ring (bicyclic) bond motifs is 1. The van der Waals surface area contributed by atoms with Crippen molar-refractivity contribution in [3.63, 3.8) is 0 Å². The zero-order valence-corrected chi connectivity index (χ0v) is 16.5. The zero-order valence-electron chi connectivity index (χ0n) is 15.7. The molecule has 0 saturated carbocycles. The smallest absolute Gasteiger partial charge is 0.438 e. The highest BCUT2D eigenvalue weighted by atomic mass is 35.5. The van der Waals surface area contributed by atoms with Crippen LogP contribution in [0.4, 0.5) is 4.79 Å². The third-order valence-corrected chi connectivity index (χ3v) is 4.51. The van der Waals surface area contributed by atoms with Gasteiger partial charge in [0, 0.05) is 41.3 Å². The fourth-order valence-corrected chi connectivity index (χ4v) is 3.16. The lowest BCUT2D eigenvalue weighted by Crippen LogP contribution is -2.23. The van der Waals surface area contributed by atoms with Crippen LogP contribution in [0.3, 0.4) is 0 Å². The Morgan fingerprint density at radius 1 is 1.11 bits per heavy atom. The van der Waals surface area contributed by atoms with Crippen molar-refractivity contribution in [3.8, 4) is 0 Å². The summed E-state index contributed by atoms with van der Waals surface area (Å²) in [7, 11) is 1.29. The van der Waals surface area contributed by atoms with Crippen LogP contribution >= 0.6 is 11.6 Å². The number of rotatable bonds is 8. The predicted molar refractivity (Wildman–Crippen MR) is 111 cm³/mol. The van der Waals surface area contributed by atoms with Crippen LogP contribution in [-0.4, -0.2) is 36.3 Å². The number of hydrogen-bond donors (Lipinski definition) is 1. The van der Waals surface area contributed by atoms with E-state index in [1.807, 2.05) is 48.6 Å². The summed E-state index contributed by atoms with van der Waals surface area (Å²) in [6, 6.07) is 18.3. The van der Waals surface area contributed by atoms with Gasteiger partial charge in [-0.15, -0.1) is 0 Å². The van der Waals surface area contributed by atoms with E-state index in [9.17, 15) is 4.79 Å². The molecule has 0 amide bonds. The van der Waals surface area contributed by atoms with Crippen molar-refractivity contribution in [2.24, 2.45) is 0 Å². The van der Waals surface area contributed by atoms with Crippen LogP contribution in [0.5, 0.6) is 0 Å². The van der Waals surface area contributed by atoms with E-state index in [2.05, 4.69) is 32.8 Å². The summed E-state index contributed by atoms with van der Waals surface area (Å²) >= 11 is 6.09. The highest BCUT2D eigenvalue weighted by molar-refractivity contribution is 6.31. The molecule has 1 N–H and O–H groups in total. The number of ether oxygens (including phenoxy) is 2. The number of H-pyrrole nitrogens is 1. The molecule has 6 heteroatoms. The summed E-state index contributed by atoms with van der Waals surface area (Å²) in [4.78, 5) is 16.8. The molecule has 0 aliphatic carbocycles. The standard InChI is InChI=1S/C22H23ClN2O3/c1-27-22(26)28-12-6-5-11-25(15-17-7-3-2-4-8-17)16-20-14-18-13-19(23)9-10-21(18)24-20/h2-10,13-14,24H,11-12,15-16H2,1H3/b6-5+. The number of carbonyl (C=O) groups excluding carboxylic acids is 1. The minimum absolute atomic E-state index is 0.191. The molecule has 0 aliphatic heterocycles. The van der Waals surface area contributed by atoms with Crippen LogP contribution in [-0.2, 0) is 22.6 Å². The number of aromatic nitrogens is 1. The van der Waals surface area contributed by atoms with E-state index in [1.54, 1.807) is 0 Å². The molecule has 1 heterocycles. The highest BCUT2D eigenvalue weighted by Gasteiger charge is 2.09. The molecule has 0 saturated heterocycles. The molecule has 0 spiro atoms. The lowest BCUT2D eigenvalue weighted by Gasteiger charge is -2.20. The number of nitrogens with zero attached hydrogens (tertiary/aromatic N) is 1. The Balaban J connectivity index is 1.67. The van der Waals surface area contributed by atoms with Crippen LogP contribution < -0.4 is 0 Å². The predicted octanol–water partition coefficient (Wildman–Crippen LogP) is 5.16. The van der Waals surface area contributed by atoms with Crippen molar-refractivity contribution in [3.05, 3.63) is 83.0 Å². The molecule has 146 valence electrons. The summed E-state index contributed by atoms with van der Waals surface area (Å²) < 4.78 is 9.33. The molecule has 0 bridgehead atoms. The lowest BCUT2D eigenvalue weighted by molar-refractivity contribution is 0.0817. The third kappa shape index (κ3) is 5.87. The first-order valence-electron chi connectivity index (χ1n) is 9.03. The largest absolute Gasteiger partial charge is 0.508 e. The molecule has 2 aromatic carbocycles. The topological polar surface area (TPSA) is 54.6 Å². The molecule has 0 fully saturated rings. The van der Waals surface area contributed by atoms with Gasteiger partial charge in [0.2, 0.25) is 0 Å². The van der Waals surface area contributed by atoms with Gasteiger partial charge in [0.05, 0.1) is 7.11 Å². The summed E-state index contributed by atoms with van der Waals surface area (Å²) in [5.41, 5.74) is 3.43. The van der Waals surface area contributed by atoms with Crippen LogP contribution in [0, 0.1) is 0 Å². The number of carbonyl (C=O) groups is 1. The van der Waals surface area contributed by atoms with Gasteiger partial charge in [-0.2, -0.15) is 0 Å². The minimum Gasteiger partial charge on any atom is -0.438 e. The molecule has 3 rings (SSSR count). The molecular formula is C22H23ClN2O3. The fraction of sp³-hybridized carbons (Fsp3) is 0.227. The van der Waals surface area contributed by atoms with Crippen molar-refractivity contribution in [2.75, 3.05) is 20.3 Å². The monoisotopic (exact) mass is 398 g/mol. The number of halogens is 1.